The lowest BCUT2D eigenvalue weighted by atomic mass is 10.0. The van der Waals surface area contributed by atoms with E-state index in [2.05, 4.69) is 4.90 Å². The summed E-state index contributed by atoms with van der Waals surface area (Å²) in [7, 11) is 1.56. The molecule has 2 aromatic carbocycles. The maximum absolute atomic E-state index is 13.0. The number of methoxy groups -OCH3 is 1. The molecule has 3 aromatic rings. The number of phenolic OH excluding ortho intramolecular Hbond substituents is 1. The molecule has 2 N–H and O–H groups in total. The summed E-state index contributed by atoms with van der Waals surface area (Å²) in [5.41, 5.74) is 0.736. The number of aliphatic hydroxyl groups is 1. The Bertz CT molecular complexity index is 1180. The van der Waals surface area contributed by atoms with E-state index in [1.165, 1.54) is 18.4 Å². The maximum Gasteiger partial charge on any atom is 0.260 e. The lowest BCUT2D eigenvalue weighted by Gasteiger charge is -2.34. The molecule has 1 aromatic heterocycles. The maximum atomic E-state index is 13.0. The molecule has 1 fully saturated rings. The molecule has 1 amide bonds. The molecule has 33 heavy (non-hydrogen) atoms. The van der Waals surface area contributed by atoms with Crippen LogP contribution in [0.2, 0.25) is 0 Å². The number of nitrogens with zero attached hydrogens (tertiary/aromatic N) is 2. The van der Waals surface area contributed by atoms with Crippen LogP contribution in [0.15, 0.2) is 51.9 Å². The Labute approximate surface area is 190 Å². The number of hydrogen-bond donors (Lipinski definition) is 2. The van der Waals surface area contributed by atoms with E-state index in [1.54, 1.807) is 36.3 Å². The Kier molecular flexibility index (Phi) is 6.81. The van der Waals surface area contributed by atoms with Crippen molar-refractivity contribution in [3.05, 3.63) is 52.9 Å². The number of aliphatic hydroxyl groups excluding tert-OH is 1. The molecule has 0 radical (unpaired) electrons. The fraction of sp³-hybridized carbons (Fsp3) is 0.333. The Balaban J connectivity index is 1.48. The van der Waals surface area contributed by atoms with Crippen LogP contribution in [0, 0.1) is 0 Å². The van der Waals surface area contributed by atoms with Crippen LogP contribution in [0.1, 0.15) is 0 Å². The van der Waals surface area contributed by atoms with Gasteiger partial charge in [0.05, 0.1) is 19.3 Å². The van der Waals surface area contributed by atoms with Gasteiger partial charge >= 0.3 is 0 Å². The van der Waals surface area contributed by atoms with Crippen molar-refractivity contribution >= 4 is 16.9 Å². The van der Waals surface area contributed by atoms with Gasteiger partial charge in [-0.25, -0.2) is 0 Å². The zero-order chi connectivity index (χ0) is 23.4. The SMILES string of the molecule is COc1ccc(-c2coc3cc(OCC(=O)N4CCN(CCO)CC4)cc(O)c3c2=O)cc1. The summed E-state index contributed by atoms with van der Waals surface area (Å²) < 4.78 is 16.3. The normalized spacial score (nSPS) is 14.4. The zero-order valence-corrected chi connectivity index (χ0v) is 18.3. The van der Waals surface area contributed by atoms with Crippen LogP contribution in [-0.4, -0.2) is 79.0 Å². The zero-order valence-electron chi connectivity index (χ0n) is 18.3. The molecule has 0 bridgehead atoms. The van der Waals surface area contributed by atoms with Crippen molar-refractivity contribution in [2.24, 2.45) is 0 Å². The van der Waals surface area contributed by atoms with Crippen LogP contribution in [-0.2, 0) is 4.79 Å². The second-order valence-corrected chi connectivity index (χ2v) is 7.76. The van der Waals surface area contributed by atoms with Crippen molar-refractivity contribution in [1.29, 1.82) is 0 Å². The van der Waals surface area contributed by atoms with Gasteiger partial charge < -0.3 is 29.0 Å². The monoisotopic (exact) mass is 454 g/mol. The number of hydrogen-bond acceptors (Lipinski definition) is 8. The van der Waals surface area contributed by atoms with Crippen LogP contribution in [0.4, 0.5) is 0 Å². The summed E-state index contributed by atoms with van der Waals surface area (Å²) in [5.74, 6) is 0.439. The Hall–Kier alpha value is -3.56. The van der Waals surface area contributed by atoms with Crippen molar-refractivity contribution in [2.45, 2.75) is 0 Å². The van der Waals surface area contributed by atoms with Crippen LogP contribution >= 0.6 is 0 Å². The highest BCUT2D eigenvalue weighted by atomic mass is 16.5. The first kappa shape index (κ1) is 22.6. The van der Waals surface area contributed by atoms with Crippen molar-refractivity contribution in [3.8, 4) is 28.4 Å². The van der Waals surface area contributed by atoms with Gasteiger partial charge in [-0.05, 0) is 17.7 Å². The summed E-state index contributed by atoms with van der Waals surface area (Å²) in [6, 6.07) is 9.74. The number of carbonyl (C=O) groups is 1. The highest BCUT2D eigenvalue weighted by Gasteiger charge is 2.21. The minimum Gasteiger partial charge on any atom is -0.507 e. The number of amides is 1. The molecule has 2 heterocycles. The molecule has 1 aliphatic heterocycles. The van der Waals surface area contributed by atoms with E-state index in [-0.39, 0.29) is 47.0 Å². The third kappa shape index (κ3) is 4.94. The predicted molar refractivity (Wildman–Crippen MR) is 122 cm³/mol. The number of rotatable bonds is 7. The van der Waals surface area contributed by atoms with E-state index in [9.17, 15) is 14.7 Å². The molecule has 1 saturated heterocycles. The molecule has 9 heteroatoms. The summed E-state index contributed by atoms with van der Waals surface area (Å²) in [6.45, 7) is 3.03. The first-order chi connectivity index (χ1) is 16.0. The number of aromatic hydroxyl groups is 1. The third-order valence-electron chi connectivity index (χ3n) is 5.73. The second kappa shape index (κ2) is 9.93. The first-order valence-corrected chi connectivity index (χ1v) is 10.7. The average Bonchev–Trinajstić information content (AvgIpc) is 2.83. The fourth-order valence-electron chi connectivity index (χ4n) is 3.86. The van der Waals surface area contributed by atoms with Gasteiger partial charge in [-0.3, -0.25) is 14.5 Å². The number of benzene rings is 2. The number of carbonyl (C=O) groups excluding carboxylic acids is 1. The van der Waals surface area contributed by atoms with Crippen molar-refractivity contribution in [1.82, 2.24) is 9.80 Å². The van der Waals surface area contributed by atoms with Gasteiger partial charge in [0.25, 0.3) is 5.91 Å². The largest absolute Gasteiger partial charge is 0.507 e. The minimum absolute atomic E-state index is 0.0435. The smallest absolute Gasteiger partial charge is 0.260 e. The van der Waals surface area contributed by atoms with E-state index >= 15 is 0 Å². The van der Waals surface area contributed by atoms with Gasteiger partial charge in [0.1, 0.15) is 34.5 Å². The lowest BCUT2D eigenvalue weighted by molar-refractivity contribution is -0.135. The third-order valence-corrected chi connectivity index (χ3v) is 5.73. The molecule has 174 valence electrons. The standard InChI is InChI=1S/C24H26N2O7/c1-31-17-4-2-16(3-5-17)19-14-33-21-13-18(12-20(28)23(21)24(19)30)32-15-22(29)26-8-6-25(7-9-26)10-11-27/h2-5,12-14,27-28H,6-11,15H2,1H3. The number of β-amino-alcohol motifs (C(OH)–C–C–N with tert-alkyl or cyclic N) is 1. The van der Waals surface area contributed by atoms with Gasteiger partial charge in [0.2, 0.25) is 5.43 Å². The van der Waals surface area contributed by atoms with E-state index < -0.39 is 0 Å². The van der Waals surface area contributed by atoms with Crippen molar-refractivity contribution in [2.75, 3.05) is 53.0 Å². The second-order valence-electron chi connectivity index (χ2n) is 7.76. The van der Waals surface area contributed by atoms with Gasteiger partial charge in [0, 0.05) is 44.9 Å². The predicted octanol–water partition coefficient (Wildman–Crippen LogP) is 1.69. The van der Waals surface area contributed by atoms with Crippen LogP contribution in [0.5, 0.6) is 17.2 Å². The first-order valence-electron chi connectivity index (χ1n) is 10.7. The molecule has 0 unspecified atom stereocenters. The van der Waals surface area contributed by atoms with E-state index in [4.69, 9.17) is 19.0 Å². The molecule has 9 nitrogen and oxygen atoms in total. The molecule has 4 rings (SSSR count). The van der Waals surface area contributed by atoms with Crippen LogP contribution in [0.25, 0.3) is 22.1 Å². The van der Waals surface area contributed by atoms with Crippen molar-refractivity contribution in [3.63, 3.8) is 0 Å². The Morgan fingerprint density at radius 2 is 1.82 bits per heavy atom. The summed E-state index contributed by atoms with van der Waals surface area (Å²) in [4.78, 5) is 29.3. The van der Waals surface area contributed by atoms with Crippen LogP contribution in [0.3, 0.4) is 0 Å². The van der Waals surface area contributed by atoms with Gasteiger partial charge in [-0.2, -0.15) is 0 Å². The highest BCUT2D eigenvalue weighted by molar-refractivity contribution is 5.88. The highest BCUT2D eigenvalue weighted by Crippen LogP contribution is 2.30. The number of piperazine rings is 1. The number of ether oxygens (including phenoxy) is 2. The van der Waals surface area contributed by atoms with Gasteiger partial charge in [0.15, 0.2) is 6.61 Å². The number of phenols is 1. The average molecular weight is 454 g/mol. The molecule has 0 saturated carbocycles. The number of fused-ring (bicyclic) bond motifs is 1. The summed E-state index contributed by atoms with van der Waals surface area (Å²) >= 11 is 0. The van der Waals surface area contributed by atoms with Crippen molar-refractivity contribution < 1.29 is 28.9 Å². The topological polar surface area (TPSA) is 113 Å². The summed E-state index contributed by atoms with van der Waals surface area (Å²) in [6.07, 6.45) is 1.34. The van der Waals surface area contributed by atoms with E-state index in [0.717, 1.165) is 0 Å². The van der Waals surface area contributed by atoms with Gasteiger partial charge in [-0.1, -0.05) is 12.1 Å². The molecular formula is C24H26N2O7. The van der Waals surface area contributed by atoms with Crippen LogP contribution < -0.4 is 14.9 Å². The molecule has 0 spiro atoms. The summed E-state index contributed by atoms with van der Waals surface area (Å²) in [5, 5.41) is 19.6. The fourth-order valence-corrected chi connectivity index (χ4v) is 3.86. The van der Waals surface area contributed by atoms with E-state index in [0.29, 0.717) is 49.6 Å². The molecule has 1 aliphatic rings. The Morgan fingerprint density at radius 1 is 1.09 bits per heavy atom. The molecule has 0 aliphatic carbocycles. The van der Waals surface area contributed by atoms with E-state index in [1.807, 2.05) is 0 Å². The lowest BCUT2D eigenvalue weighted by Crippen LogP contribution is -2.50. The molecular weight excluding hydrogens is 428 g/mol. The minimum atomic E-state index is -0.373. The van der Waals surface area contributed by atoms with Gasteiger partial charge in [-0.15, -0.1) is 0 Å². The quantitative estimate of drug-likeness (QED) is 0.555. The Morgan fingerprint density at radius 3 is 2.48 bits per heavy atom. The molecule has 0 atom stereocenters.